The van der Waals surface area contributed by atoms with Crippen LogP contribution in [0.1, 0.15) is 31.9 Å². The molecular formula is C16H22N2O2. The highest BCUT2D eigenvalue weighted by Gasteiger charge is 2.35. The van der Waals surface area contributed by atoms with Crippen LogP contribution < -0.4 is 10.4 Å². The minimum atomic E-state index is -0.200. The Morgan fingerprint density at radius 1 is 1.45 bits per heavy atom. The van der Waals surface area contributed by atoms with Crippen LogP contribution >= 0.6 is 0 Å². The molecule has 0 spiro atoms. The van der Waals surface area contributed by atoms with Gasteiger partial charge in [0.25, 0.3) is 0 Å². The number of anilines is 1. The Balaban J connectivity index is 1.82. The Kier molecular flexibility index (Phi) is 3.76. The molecule has 4 nitrogen and oxygen atoms in total. The van der Waals surface area contributed by atoms with Crippen LogP contribution in [0.25, 0.3) is 0 Å². The molecule has 0 amide bonds. The first kappa shape index (κ1) is 13.6. The summed E-state index contributed by atoms with van der Waals surface area (Å²) in [6.45, 7) is 6.50. The van der Waals surface area contributed by atoms with Gasteiger partial charge in [-0.25, -0.2) is 5.43 Å². The fourth-order valence-corrected chi connectivity index (χ4v) is 2.96. The van der Waals surface area contributed by atoms with E-state index in [1.807, 2.05) is 26.0 Å². The molecular weight excluding hydrogens is 252 g/mol. The van der Waals surface area contributed by atoms with Crippen molar-refractivity contribution in [2.24, 2.45) is 11.8 Å². The maximum atomic E-state index is 12.4. The Labute approximate surface area is 120 Å². The van der Waals surface area contributed by atoms with Gasteiger partial charge in [0.1, 0.15) is 6.04 Å². The smallest absolute Gasteiger partial charge is 0.158 e. The second-order valence-electron chi connectivity index (χ2n) is 6.02. The van der Waals surface area contributed by atoms with Crippen molar-refractivity contribution in [2.45, 2.75) is 26.3 Å². The Bertz CT molecular complexity index is 495. The molecule has 0 aromatic heterocycles. The van der Waals surface area contributed by atoms with Crippen molar-refractivity contribution in [1.29, 1.82) is 0 Å². The molecule has 1 aromatic rings. The minimum Gasteiger partial charge on any atom is -0.381 e. The number of rotatable bonds is 4. The van der Waals surface area contributed by atoms with Gasteiger partial charge in [-0.2, -0.15) is 0 Å². The van der Waals surface area contributed by atoms with E-state index in [-0.39, 0.29) is 17.7 Å². The van der Waals surface area contributed by atoms with Crippen molar-refractivity contribution in [3.8, 4) is 0 Å². The molecule has 2 aliphatic rings. The van der Waals surface area contributed by atoms with Crippen molar-refractivity contribution in [3.63, 3.8) is 0 Å². The number of Topliss-reactive ketones (excluding diaryl/α,β-unsaturated/α-hetero) is 1. The SMILES string of the molecule is CC(C)C(=O)C1NN(CC2CCOC2)c2ccccc21. The van der Waals surface area contributed by atoms with Gasteiger partial charge in [0.2, 0.25) is 0 Å². The van der Waals surface area contributed by atoms with Gasteiger partial charge in [-0.3, -0.25) is 4.79 Å². The summed E-state index contributed by atoms with van der Waals surface area (Å²) in [6, 6.07) is 7.97. The predicted molar refractivity (Wildman–Crippen MR) is 78.4 cm³/mol. The van der Waals surface area contributed by atoms with E-state index in [9.17, 15) is 4.79 Å². The molecule has 1 fully saturated rings. The topological polar surface area (TPSA) is 41.6 Å². The lowest BCUT2D eigenvalue weighted by Gasteiger charge is -2.23. The van der Waals surface area contributed by atoms with Gasteiger partial charge in [0.15, 0.2) is 5.78 Å². The van der Waals surface area contributed by atoms with Crippen LogP contribution in [0.2, 0.25) is 0 Å². The maximum Gasteiger partial charge on any atom is 0.158 e. The van der Waals surface area contributed by atoms with E-state index in [1.54, 1.807) is 0 Å². The number of benzene rings is 1. The molecule has 3 rings (SSSR count). The Morgan fingerprint density at radius 2 is 2.25 bits per heavy atom. The van der Waals surface area contributed by atoms with Crippen molar-refractivity contribution < 1.29 is 9.53 Å². The summed E-state index contributed by atoms with van der Waals surface area (Å²) in [5.74, 6) is 0.835. The van der Waals surface area contributed by atoms with Gasteiger partial charge in [-0.1, -0.05) is 32.0 Å². The van der Waals surface area contributed by atoms with Gasteiger partial charge < -0.3 is 9.75 Å². The first-order valence-corrected chi connectivity index (χ1v) is 7.41. The summed E-state index contributed by atoms with van der Waals surface area (Å²) in [5.41, 5.74) is 5.63. The molecule has 20 heavy (non-hydrogen) atoms. The third-order valence-electron chi connectivity index (χ3n) is 4.14. The molecule has 4 heteroatoms. The standard InChI is InChI=1S/C16H22N2O2/c1-11(2)16(19)15-13-5-3-4-6-14(13)18(17-15)9-12-7-8-20-10-12/h3-6,11-12,15,17H,7-10H2,1-2H3. The van der Waals surface area contributed by atoms with Gasteiger partial charge in [0, 0.05) is 30.6 Å². The van der Waals surface area contributed by atoms with Crippen LogP contribution in [0.4, 0.5) is 5.69 Å². The van der Waals surface area contributed by atoms with Crippen LogP contribution in [0.5, 0.6) is 0 Å². The molecule has 0 radical (unpaired) electrons. The highest BCUT2D eigenvalue weighted by atomic mass is 16.5. The number of hydrogen-bond acceptors (Lipinski definition) is 4. The number of ketones is 1. The molecule has 108 valence electrons. The first-order valence-electron chi connectivity index (χ1n) is 7.41. The number of ether oxygens (including phenoxy) is 1. The molecule has 0 bridgehead atoms. The van der Waals surface area contributed by atoms with Crippen LogP contribution in [0.15, 0.2) is 24.3 Å². The van der Waals surface area contributed by atoms with Gasteiger partial charge in [-0.05, 0) is 12.5 Å². The number of nitrogens with one attached hydrogen (secondary N) is 1. The Hall–Kier alpha value is -1.39. The fourth-order valence-electron chi connectivity index (χ4n) is 2.96. The van der Waals surface area contributed by atoms with E-state index in [1.165, 1.54) is 0 Å². The normalized spacial score (nSPS) is 25.2. The van der Waals surface area contributed by atoms with Crippen molar-refractivity contribution in [2.75, 3.05) is 24.8 Å². The predicted octanol–water partition coefficient (Wildman–Crippen LogP) is 2.31. The monoisotopic (exact) mass is 274 g/mol. The van der Waals surface area contributed by atoms with Crippen LogP contribution in [0.3, 0.4) is 0 Å². The van der Waals surface area contributed by atoms with Crippen molar-refractivity contribution in [1.82, 2.24) is 5.43 Å². The summed E-state index contributed by atoms with van der Waals surface area (Å²) in [5, 5.41) is 2.14. The number of hydrazine groups is 1. The summed E-state index contributed by atoms with van der Waals surface area (Å²) in [7, 11) is 0. The van der Waals surface area contributed by atoms with E-state index in [0.29, 0.717) is 5.92 Å². The third kappa shape index (κ3) is 2.45. The zero-order chi connectivity index (χ0) is 14.1. The lowest BCUT2D eigenvalue weighted by molar-refractivity contribution is -0.123. The van der Waals surface area contributed by atoms with E-state index in [0.717, 1.165) is 37.4 Å². The van der Waals surface area contributed by atoms with E-state index in [2.05, 4.69) is 22.6 Å². The molecule has 2 atom stereocenters. The number of carbonyl (C=O) groups is 1. The molecule has 1 saturated heterocycles. The largest absolute Gasteiger partial charge is 0.381 e. The molecule has 0 aliphatic carbocycles. The van der Waals surface area contributed by atoms with Crippen molar-refractivity contribution >= 4 is 11.5 Å². The summed E-state index contributed by atoms with van der Waals surface area (Å²) >= 11 is 0. The van der Waals surface area contributed by atoms with Crippen molar-refractivity contribution in [3.05, 3.63) is 29.8 Å². The highest BCUT2D eigenvalue weighted by Crippen LogP contribution is 2.35. The number of nitrogens with zero attached hydrogens (tertiary/aromatic N) is 1. The van der Waals surface area contributed by atoms with E-state index in [4.69, 9.17) is 4.74 Å². The fraction of sp³-hybridized carbons (Fsp3) is 0.562. The lowest BCUT2D eigenvalue weighted by Crippen LogP contribution is -2.41. The molecule has 1 aromatic carbocycles. The second kappa shape index (κ2) is 5.54. The third-order valence-corrected chi connectivity index (χ3v) is 4.14. The quantitative estimate of drug-likeness (QED) is 0.915. The van der Waals surface area contributed by atoms with Gasteiger partial charge in [-0.15, -0.1) is 0 Å². The van der Waals surface area contributed by atoms with Crippen LogP contribution in [0, 0.1) is 11.8 Å². The maximum absolute atomic E-state index is 12.4. The second-order valence-corrected chi connectivity index (χ2v) is 6.02. The van der Waals surface area contributed by atoms with Crippen LogP contribution in [-0.2, 0) is 9.53 Å². The molecule has 0 saturated carbocycles. The highest BCUT2D eigenvalue weighted by molar-refractivity contribution is 5.90. The number of hydrogen-bond donors (Lipinski definition) is 1. The zero-order valence-corrected chi connectivity index (χ0v) is 12.1. The number of fused-ring (bicyclic) bond motifs is 1. The minimum absolute atomic E-state index is 0.0373. The molecule has 2 aliphatic heterocycles. The number of carbonyl (C=O) groups excluding carboxylic acids is 1. The number of para-hydroxylation sites is 1. The molecule has 2 unspecified atom stereocenters. The Morgan fingerprint density at radius 3 is 2.95 bits per heavy atom. The average Bonchev–Trinajstić information content (AvgIpc) is 3.07. The van der Waals surface area contributed by atoms with E-state index >= 15 is 0 Å². The summed E-state index contributed by atoms with van der Waals surface area (Å²) in [4.78, 5) is 12.4. The zero-order valence-electron chi connectivity index (χ0n) is 12.1. The summed E-state index contributed by atoms with van der Waals surface area (Å²) < 4.78 is 5.45. The van der Waals surface area contributed by atoms with E-state index < -0.39 is 0 Å². The lowest BCUT2D eigenvalue weighted by atomic mass is 9.96. The molecule has 2 heterocycles. The van der Waals surface area contributed by atoms with Gasteiger partial charge >= 0.3 is 0 Å². The van der Waals surface area contributed by atoms with Gasteiger partial charge in [0.05, 0.1) is 12.3 Å². The summed E-state index contributed by atoms with van der Waals surface area (Å²) in [6.07, 6.45) is 1.10. The molecule has 1 N–H and O–H groups in total. The van der Waals surface area contributed by atoms with Crippen LogP contribution in [-0.4, -0.2) is 25.5 Å². The first-order chi connectivity index (χ1) is 9.66. The average molecular weight is 274 g/mol.